The first-order valence-corrected chi connectivity index (χ1v) is 7.98. The molecule has 1 N–H and O–H groups in total. The number of hydrogen-bond acceptors (Lipinski definition) is 5. The van der Waals surface area contributed by atoms with Gasteiger partial charge in [0.2, 0.25) is 0 Å². The maximum absolute atomic E-state index is 12.5. The highest BCUT2D eigenvalue weighted by Crippen LogP contribution is 2.10. The number of aryl methyl sites for hydroxylation is 1. The number of ether oxygens (including phenoxy) is 1. The lowest BCUT2D eigenvalue weighted by molar-refractivity contribution is -0.121. The average Bonchev–Trinajstić information content (AvgIpc) is 2.65. The molecular weight excluding hydrogens is 332 g/mol. The number of amides is 1. The molecule has 0 spiro atoms. The van der Waals surface area contributed by atoms with E-state index in [0.717, 1.165) is 16.9 Å². The fraction of sp³-hybridized carbons (Fsp3) is 0.158. The fourth-order valence-corrected chi connectivity index (χ4v) is 2.44. The van der Waals surface area contributed by atoms with Crippen molar-refractivity contribution in [3.63, 3.8) is 0 Å². The monoisotopic (exact) mass is 350 g/mol. The lowest BCUT2D eigenvalue weighted by Crippen LogP contribution is -2.30. The molecule has 0 saturated heterocycles. The first-order chi connectivity index (χ1) is 12.6. The number of benzene rings is 2. The van der Waals surface area contributed by atoms with Crippen LogP contribution in [-0.4, -0.2) is 28.8 Å². The van der Waals surface area contributed by atoms with Crippen LogP contribution in [-0.2, 0) is 11.3 Å². The van der Waals surface area contributed by atoms with E-state index < -0.39 is 5.91 Å². The van der Waals surface area contributed by atoms with E-state index in [0.29, 0.717) is 10.9 Å². The van der Waals surface area contributed by atoms with Crippen molar-refractivity contribution in [3.05, 3.63) is 70.3 Å². The van der Waals surface area contributed by atoms with Gasteiger partial charge in [0.1, 0.15) is 12.3 Å². The van der Waals surface area contributed by atoms with Crippen molar-refractivity contribution in [2.75, 3.05) is 7.11 Å². The van der Waals surface area contributed by atoms with E-state index in [4.69, 9.17) is 4.74 Å². The standard InChI is InChI=1S/C19H18N4O3/c1-13-3-8-17-16(9-13)19(25)23(12-20-17)11-18(24)22-21-10-14-4-6-15(26-2)7-5-14/h3-10,12H,11H2,1-2H3,(H,22,24)/b21-10+. The topological polar surface area (TPSA) is 85.6 Å². The maximum Gasteiger partial charge on any atom is 0.261 e. The molecule has 0 aliphatic rings. The zero-order valence-electron chi connectivity index (χ0n) is 14.5. The van der Waals surface area contributed by atoms with Gasteiger partial charge in [0, 0.05) is 0 Å². The average molecular weight is 350 g/mol. The molecule has 1 amide bonds. The van der Waals surface area contributed by atoms with Crippen LogP contribution in [0, 0.1) is 6.92 Å². The van der Waals surface area contributed by atoms with Crippen LogP contribution in [0.1, 0.15) is 11.1 Å². The number of fused-ring (bicyclic) bond motifs is 1. The van der Waals surface area contributed by atoms with Crippen LogP contribution in [0.5, 0.6) is 5.75 Å². The largest absolute Gasteiger partial charge is 0.497 e. The molecule has 3 aromatic rings. The van der Waals surface area contributed by atoms with Crippen molar-refractivity contribution in [1.29, 1.82) is 0 Å². The highest BCUT2D eigenvalue weighted by Gasteiger charge is 2.07. The van der Waals surface area contributed by atoms with Crippen molar-refractivity contribution < 1.29 is 9.53 Å². The minimum Gasteiger partial charge on any atom is -0.497 e. The van der Waals surface area contributed by atoms with E-state index in [1.807, 2.05) is 25.1 Å². The van der Waals surface area contributed by atoms with Gasteiger partial charge in [-0.05, 0) is 48.9 Å². The minimum atomic E-state index is -0.411. The molecule has 0 bridgehead atoms. The van der Waals surface area contributed by atoms with Gasteiger partial charge in [-0.1, -0.05) is 11.6 Å². The molecule has 0 aliphatic heterocycles. The Labute approximate surface area is 149 Å². The number of aromatic nitrogens is 2. The number of carbonyl (C=O) groups excluding carboxylic acids is 1. The van der Waals surface area contributed by atoms with Crippen LogP contribution in [0.25, 0.3) is 10.9 Å². The first kappa shape index (κ1) is 17.3. The Morgan fingerprint density at radius 2 is 2.04 bits per heavy atom. The molecule has 26 heavy (non-hydrogen) atoms. The molecule has 7 heteroatoms. The summed E-state index contributed by atoms with van der Waals surface area (Å²) in [6.45, 7) is 1.74. The van der Waals surface area contributed by atoms with Gasteiger partial charge in [-0.15, -0.1) is 0 Å². The van der Waals surface area contributed by atoms with Crippen LogP contribution >= 0.6 is 0 Å². The predicted octanol–water partition coefficient (Wildman–Crippen LogP) is 1.86. The second-order valence-electron chi connectivity index (χ2n) is 5.76. The summed E-state index contributed by atoms with van der Waals surface area (Å²) in [5.74, 6) is 0.329. The molecule has 0 radical (unpaired) electrons. The summed E-state index contributed by atoms with van der Waals surface area (Å²) in [5, 5.41) is 4.39. The van der Waals surface area contributed by atoms with Crippen LogP contribution in [0.4, 0.5) is 0 Å². The third-order valence-corrected chi connectivity index (χ3v) is 3.81. The Kier molecular flexibility index (Phi) is 5.07. The van der Waals surface area contributed by atoms with Crippen LogP contribution < -0.4 is 15.7 Å². The van der Waals surface area contributed by atoms with Crippen molar-refractivity contribution in [1.82, 2.24) is 15.0 Å². The SMILES string of the molecule is COc1ccc(/C=N/NC(=O)Cn2cnc3ccc(C)cc3c2=O)cc1. The van der Waals surface area contributed by atoms with Crippen molar-refractivity contribution >= 4 is 23.0 Å². The van der Waals surface area contributed by atoms with E-state index >= 15 is 0 Å². The molecule has 0 saturated carbocycles. The quantitative estimate of drug-likeness (QED) is 0.562. The van der Waals surface area contributed by atoms with Gasteiger partial charge in [0.15, 0.2) is 0 Å². The summed E-state index contributed by atoms with van der Waals surface area (Å²) in [5.41, 5.74) is 4.53. The second-order valence-corrected chi connectivity index (χ2v) is 5.76. The number of carbonyl (C=O) groups is 1. The predicted molar refractivity (Wildman–Crippen MR) is 99.5 cm³/mol. The molecule has 132 valence electrons. The normalized spacial score (nSPS) is 11.0. The lowest BCUT2D eigenvalue weighted by atomic mass is 10.2. The number of rotatable bonds is 5. The second kappa shape index (κ2) is 7.60. The van der Waals surface area contributed by atoms with Crippen LogP contribution in [0.3, 0.4) is 0 Å². The number of hydrazone groups is 1. The third kappa shape index (κ3) is 3.94. The van der Waals surface area contributed by atoms with Crippen LogP contribution in [0.15, 0.2) is 58.7 Å². The van der Waals surface area contributed by atoms with Gasteiger partial charge in [-0.2, -0.15) is 5.10 Å². The molecule has 1 heterocycles. The molecule has 0 atom stereocenters. The van der Waals surface area contributed by atoms with Gasteiger partial charge >= 0.3 is 0 Å². The molecule has 0 unspecified atom stereocenters. The number of hydrogen-bond donors (Lipinski definition) is 1. The summed E-state index contributed by atoms with van der Waals surface area (Å²) in [4.78, 5) is 28.7. The van der Waals surface area contributed by atoms with Crippen LogP contribution in [0.2, 0.25) is 0 Å². The Hall–Kier alpha value is -3.48. The molecule has 1 aromatic heterocycles. The molecule has 7 nitrogen and oxygen atoms in total. The summed E-state index contributed by atoms with van der Waals surface area (Å²) in [6.07, 6.45) is 2.88. The zero-order chi connectivity index (χ0) is 18.5. The van der Waals surface area contributed by atoms with Crippen molar-refractivity contribution in [2.45, 2.75) is 13.5 Å². The highest BCUT2D eigenvalue weighted by atomic mass is 16.5. The van der Waals surface area contributed by atoms with Gasteiger partial charge in [0.05, 0.1) is 30.6 Å². The van der Waals surface area contributed by atoms with Gasteiger partial charge in [-0.25, -0.2) is 10.4 Å². The molecule has 3 rings (SSSR count). The summed E-state index contributed by atoms with van der Waals surface area (Å²) < 4.78 is 6.34. The minimum absolute atomic E-state index is 0.157. The smallest absolute Gasteiger partial charge is 0.261 e. The highest BCUT2D eigenvalue weighted by molar-refractivity contribution is 5.83. The van der Waals surface area contributed by atoms with E-state index in [-0.39, 0.29) is 12.1 Å². The molecule has 2 aromatic carbocycles. The number of methoxy groups -OCH3 is 1. The maximum atomic E-state index is 12.5. The van der Waals surface area contributed by atoms with E-state index in [1.165, 1.54) is 17.1 Å². The van der Waals surface area contributed by atoms with Crippen molar-refractivity contribution in [2.24, 2.45) is 5.10 Å². The number of nitrogens with one attached hydrogen (secondary N) is 1. The van der Waals surface area contributed by atoms with Gasteiger partial charge in [0.25, 0.3) is 11.5 Å². The molecule has 0 fully saturated rings. The van der Waals surface area contributed by atoms with E-state index in [9.17, 15) is 9.59 Å². The Morgan fingerprint density at radius 3 is 2.77 bits per heavy atom. The molecule has 0 aliphatic carbocycles. The Morgan fingerprint density at radius 1 is 1.27 bits per heavy atom. The fourth-order valence-electron chi connectivity index (χ4n) is 2.44. The summed E-state index contributed by atoms with van der Waals surface area (Å²) in [7, 11) is 1.59. The Bertz CT molecular complexity index is 1020. The summed E-state index contributed by atoms with van der Waals surface area (Å²) in [6, 6.07) is 12.7. The molecular formula is C19H18N4O3. The van der Waals surface area contributed by atoms with Crippen molar-refractivity contribution in [3.8, 4) is 5.75 Å². The van der Waals surface area contributed by atoms with E-state index in [2.05, 4.69) is 15.5 Å². The summed E-state index contributed by atoms with van der Waals surface area (Å²) >= 11 is 0. The van der Waals surface area contributed by atoms with E-state index in [1.54, 1.807) is 31.4 Å². The van der Waals surface area contributed by atoms with Gasteiger partial charge in [-0.3, -0.25) is 14.2 Å². The third-order valence-electron chi connectivity index (χ3n) is 3.81. The first-order valence-electron chi connectivity index (χ1n) is 7.98. The Balaban J connectivity index is 1.68. The number of nitrogens with zero attached hydrogens (tertiary/aromatic N) is 3. The lowest BCUT2D eigenvalue weighted by Gasteiger charge is -2.06. The zero-order valence-corrected chi connectivity index (χ0v) is 14.5. The van der Waals surface area contributed by atoms with Gasteiger partial charge < -0.3 is 4.74 Å².